The molecule has 2 aromatic carbocycles. The smallest absolute Gasteiger partial charge is 0.161 e. The molecule has 1 fully saturated rings. The third kappa shape index (κ3) is 2.41. The Morgan fingerprint density at radius 1 is 1.22 bits per heavy atom. The summed E-state index contributed by atoms with van der Waals surface area (Å²) in [6.45, 7) is 1.86. The number of carbonyl (C=O) groups excluding carboxylic acids is 1. The first-order valence-corrected chi connectivity index (χ1v) is 8.26. The second-order valence-electron chi connectivity index (χ2n) is 6.42. The molecule has 2 aliphatic heterocycles. The first-order chi connectivity index (χ1) is 11.2. The normalized spacial score (nSPS) is 26.8. The minimum absolute atomic E-state index is 0.0184. The van der Waals surface area contributed by atoms with Crippen molar-refractivity contribution in [1.82, 2.24) is 0 Å². The molecule has 3 nitrogen and oxygen atoms in total. The van der Waals surface area contributed by atoms with Crippen LogP contribution in [0.25, 0.3) is 16.3 Å². The number of aliphatic hydroxyl groups is 1. The van der Waals surface area contributed by atoms with Crippen LogP contribution in [0.1, 0.15) is 31.7 Å². The van der Waals surface area contributed by atoms with Crippen molar-refractivity contribution in [2.75, 3.05) is 0 Å². The molecule has 2 aliphatic rings. The Balaban J connectivity index is 1.88. The Kier molecular flexibility index (Phi) is 3.55. The number of hydrogen-bond donors (Lipinski definition) is 1. The molecule has 2 bridgehead atoms. The molecule has 0 radical (unpaired) electrons. The third-order valence-corrected chi connectivity index (χ3v) is 4.95. The second kappa shape index (κ2) is 5.59. The summed E-state index contributed by atoms with van der Waals surface area (Å²) in [5.41, 5.74) is 2.82. The van der Waals surface area contributed by atoms with Crippen LogP contribution in [-0.2, 0) is 9.53 Å². The summed E-state index contributed by atoms with van der Waals surface area (Å²) in [6.07, 6.45) is 0.745. The maximum atomic E-state index is 12.5. The Hall–Kier alpha value is -1.97. The number of rotatable bonds is 3. The molecular weight excluding hydrogens is 288 g/mol. The van der Waals surface area contributed by atoms with E-state index in [1.54, 1.807) is 0 Å². The predicted molar refractivity (Wildman–Crippen MR) is 90.1 cm³/mol. The minimum atomic E-state index is -0.566. The zero-order valence-corrected chi connectivity index (χ0v) is 13.2. The summed E-state index contributed by atoms with van der Waals surface area (Å²) in [5.74, 6) is 0.0811. The lowest BCUT2D eigenvalue weighted by molar-refractivity contribution is -0.117. The number of hydrogen-bond acceptors (Lipinski definition) is 3. The van der Waals surface area contributed by atoms with Gasteiger partial charge in [0.1, 0.15) is 6.10 Å². The topological polar surface area (TPSA) is 46.5 Å². The highest BCUT2D eigenvalue weighted by Gasteiger charge is 2.44. The van der Waals surface area contributed by atoms with Crippen molar-refractivity contribution < 1.29 is 14.6 Å². The maximum absolute atomic E-state index is 12.5. The summed E-state index contributed by atoms with van der Waals surface area (Å²) >= 11 is 0. The Bertz CT molecular complexity index is 805. The van der Waals surface area contributed by atoms with E-state index in [0.717, 1.165) is 11.1 Å². The molecule has 3 unspecified atom stereocenters. The zero-order valence-electron chi connectivity index (χ0n) is 13.2. The maximum Gasteiger partial charge on any atom is 0.161 e. The molecule has 23 heavy (non-hydrogen) atoms. The molecule has 118 valence electrons. The van der Waals surface area contributed by atoms with Crippen molar-refractivity contribution >= 4 is 22.1 Å². The van der Waals surface area contributed by atoms with Gasteiger partial charge < -0.3 is 9.84 Å². The van der Waals surface area contributed by atoms with Gasteiger partial charge in [-0.25, -0.2) is 0 Å². The number of aliphatic hydroxyl groups excluding tert-OH is 1. The van der Waals surface area contributed by atoms with Gasteiger partial charge in [0.25, 0.3) is 0 Å². The molecule has 0 aliphatic carbocycles. The van der Waals surface area contributed by atoms with E-state index in [1.807, 2.05) is 19.1 Å². The third-order valence-electron chi connectivity index (χ3n) is 4.95. The van der Waals surface area contributed by atoms with E-state index in [1.165, 1.54) is 10.8 Å². The van der Waals surface area contributed by atoms with Gasteiger partial charge in [0.15, 0.2) is 5.78 Å². The van der Waals surface area contributed by atoms with Crippen LogP contribution >= 0.6 is 0 Å². The van der Waals surface area contributed by atoms with E-state index in [4.69, 9.17) is 4.74 Å². The van der Waals surface area contributed by atoms with Gasteiger partial charge in [-0.1, -0.05) is 43.3 Å². The number of fused-ring (bicyclic) bond motifs is 3. The minimum Gasteiger partial charge on any atom is -0.390 e. The molecule has 1 N–H and O–H groups in total. The van der Waals surface area contributed by atoms with E-state index in [-0.39, 0.29) is 11.9 Å². The number of ether oxygens (including phenoxy) is 1. The monoisotopic (exact) mass is 308 g/mol. The molecule has 0 saturated carbocycles. The van der Waals surface area contributed by atoms with Crippen molar-refractivity contribution in [3.05, 3.63) is 53.6 Å². The number of ketones is 1. The quantitative estimate of drug-likeness (QED) is 0.944. The molecule has 2 aromatic rings. The highest BCUT2D eigenvalue weighted by Crippen LogP contribution is 2.42. The number of benzene rings is 2. The first kappa shape index (κ1) is 14.6. The van der Waals surface area contributed by atoms with Crippen LogP contribution in [-0.4, -0.2) is 29.2 Å². The average Bonchev–Trinajstić information content (AvgIpc) is 2.88. The number of carbonyl (C=O) groups is 1. The van der Waals surface area contributed by atoms with Gasteiger partial charge >= 0.3 is 0 Å². The average molecular weight is 308 g/mol. The highest BCUT2D eigenvalue weighted by atomic mass is 16.5. The van der Waals surface area contributed by atoms with Crippen LogP contribution in [0.5, 0.6) is 0 Å². The molecule has 4 rings (SSSR count). The molecule has 0 amide bonds. The van der Waals surface area contributed by atoms with Crippen molar-refractivity contribution in [3.63, 3.8) is 0 Å². The van der Waals surface area contributed by atoms with E-state index in [0.29, 0.717) is 24.8 Å². The van der Waals surface area contributed by atoms with Crippen LogP contribution in [0.2, 0.25) is 0 Å². The van der Waals surface area contributed by atoms with Crippen LogP contribution in [0.4, 0.5) is 0 Å². The van der Waals surface area contributed by atoms with Gasteiger partial charge in [0.05, 0.1) is 12.2 Å². The van der Waals surface area contributed by atoms with Gasteiger partial charge in [-0.15, -0.1) is 0 Å². The summed E-state index contributed by atoms with van der Waals surface area (Å²) < 4.78 is 5.86. The van der Waals surface area contributed by atoms with Crippen LogP contribution in [0.3, 0.4) is 0 Å². The lowest BCUT2D eigenvalue weighted by Gasteiger charge is -2.27. The van der Waals surface area contributed by atoms with Crippen molar-refractivity contribution in [1.29, 1.82) is 0 Å². The lowest BCUT2D eigenvalue weighted by Crippen LogP contribution is -2.30. The van der Waals surface area contributed by atoms with Gasteiger partial charge in [-0.3, -0.25) is 4.79 Å². The largest absolute Gasteiger partial charge is 0.390 e. The van der Waals surface area contributed by atoms with Gasteiger partial charge in [0, 0.05) is 18.4 Å². The Morgan fingerprint density at radius 3 is 2.78 bits per heavy atom. The molecule has 3 atom stereocenters. The molecule has 3 heteroatoms. The van der Waals surface area contributed by atoms with E-state index in [2.05, 4.69) is 30.3 Å². The Labute approximate surface area is 135 Å². The predicted octanol–water partition coefficient (Wildman–Crippen LogP) is 3.49. The van der Waals surface area contributed by atoms with Crippen molar-refractivity contribution in [2.45, 2.75) is 44.5 Å². The fourth-order valence-corrected chi connectivity index (χ4v) is 3.82. The summed E-state index contributed by atoms with van der Waals surface area (Å²) in [5, 5.41) is 12.6. The molecule has 0 spiro atoms. The lowest BCUT2D eigenvalue weighted by atomic mass is 9.88. The van der Waals surface area contributed by atoms with Crippen LogP contribution in [0.15, 0.2) is 48.0 Å². The van der Waals surface area contributed by atoms with E-state index < -0.39 is 12.2 Å². The zero-order chi connectivity index (χ0) is 16.0. The molecular formula is C20H20O3. The highest BCUT2D eigenvalue weighted by molar-refractivity contribution is 6.04. The molecule has 2 heterocycles. The van der Waals surface area contributed by atoms with Gasteiger partial charge in [-0.2, -0.15) is 0 Å². The number of Topliss-reactive ketones (excluding diaryl/α,β-unsaturated/α-hetero) is 1. The standard InChI is InChI=1S/C20H20O3/c1-2-17(21)19-16(10-15-11-18(22)20(19)23-15)14-8-7-12-5-3-4-6-13(12)9-14/h3-9,15,18,20,22H,2,10-11H2,1H3. The summed E-state index contributed by atoms with van der Waals surface area (Å²) in [4.78, 5) is 12.5. The summed E-state index contributed by atoms with van der Waals surface area (Å²) in [6, 6.07) is 14.5. The van der Waals surface area contributed by atoms with E-state index in [9.17, 15) is 9.90 Å². The molecule has 1 saturated heterocycles. The Morgan fingerprint density at radius 2 is 2.00 bits per heavy atom. The van der Waals surface area contributed by atoms with Gasteiger partial charge in [0.2, 0.25) is 0 Å². The van der Waals surface area contributed by atoms with Crippen LogP contribution in [0, 0.1) is 0 Å². The van der Waals surface area contributed by atoms with Crippen molar-refractivity contribution in [3.8, 4) is 0 Å². The summed E-state index contributed by atoms with van der Waals surface area (Å²) in [7, 11) is 0. The van der Waals surface area contributed by atoms with Crippen LogP contribution < -0.4 is 0 Å². The van der Waals surface area contributed by atoms with Gasteiger partial charge in [-0.05, 0) is 34.4 Å². The second-order valence-corrected chi connectivity index (χ2v) is 6.42. The fraction of sp³-hybridized carbons (Fsp3) is 0.350. The van der Waals surface area contributed by atoms with Crippen molar-refractivity contribution in [2.24, 2.45) is 0 Å². The molecule has 0 aromatic heterocycles. The SMILES string of the molecule is CCC(=O)C1=C(c2ccc3ccccc3c2)CC2CC(O)C1O2. The van der Waals surface area contributed by atoms with E-state index >= 15 is 0 Å². The first-order valence-electron chi connectivity index (χ1n) is 8.26. The fourth-order valence-electron chi connectivity index (χ4n) is 3.82.